The van der Waals surface area contributed by atoms with Crippen LogP contribution >= 0.6 is 0 Å². The molecule has 0 radical (unpaired) electrons. The fraction of sp³-hybridized carbons (Fsp3) is 0.538. The summed E-state index contributed by atoms with van der Waals surface area (Å²) >= 11 is 0. The summed E-state index contributed by atoms with van der Waals surface area (Å²) in [6.07, 6.45) is 9.64. The van der Waals surface area contributed by atoms with Crippen LogP contribution in [0.5, 0.6) is 0 Å². The summed E-state index contributed by atoms with van der Waals surface area (Å²) in [5.41, 5.74) is 0. The monoisotopic (exact) mass is 208 g/mol. The Morgan fingerprint density at radius 1 is 1.20 bits per heavy atom. The summed E-state index contributed by atoms with van der Waals surface area (Å²) in [6.45, 7) is 5.39. The average molecular weight is 208 g/mol. The van der Waals surface area contributed by atoms with Gasteiger partial charge in [0.2, 0.25) is 0 Å². The van der Waals surface area contributed by atoms with Gasteiger partial charge in [-0.05, 0) is 19.3 Å². The molecule has 0 aromatic heterocycles. The van der Waals surface area contributed by atoms with Gasteiger partial charge >= 0.3 is 0 Å². The number of hydrogen-bond acceptors (Lipinski definition) is 2. The van der Waals surface area contributed by atoms with Crippen molar-refractivity contribution < 1.29 is 9.59 Å². The summed E-state index contributed by atoms with van der Waals surface area (Å²) < 4.78 is 0. The zero-order valence-electron chi connectivity index (χ0n) is 9.50. The molecule has 0 aliphatic rings. The molecule has 0 unspecified atom stereocenters. The summed E-state index contributed by atoms with van der Waals surface area (Å²) in [6, 6.07) is 0. The summed E-state index contributed by atoms with van der Waals surface area (Å²) in [5, 5.41) is 0. The first-order chi connectivity index (χ1) is 7.20. The third-order valence-electron chi connectivity index (χ3n) is 2.08. The maximum Gasteiger partial charge on any atom is 0.140 e. The number of rotatable bonds is 9. The topological polar surface area (TPSA) is 34.1 Å². The molecule has 0 saturated carbocycles. The van der Waals surface area contributed by atoms with Gasteiger partial charge in [0, 0.05) is 12.8 Å². The first-order valence-electron chi connectivity index (χ1n) is 5.50. The SMILES string of the molecule is C=CC/C=C/CCCC(=O)CC(=O)CC. The summed E-state index contributed by atoms with van der Waals surface area (Å²) in [7, 11) is 0. The van der Waals surface area contributed by atoms with Crippen molar-refractivity contribution in [2.75, 3.05) is 0 Å². The normalized spacial score (nSPS) is 10.5. The van der Waals surface area contributed by atoms with Gasteiger partial charge in [-0.25, -0.2) is 0 Å². The van der Waals surface area contributed by atoms with Crippen molar-refractivity contribution in [1.82, 2.24) is 0 Å². The van der Waals surface area contributed by atoms with Gasteiger partial charge < -0.3 is 0 Å². The Kier molecular flexibility index (Phi) is 8.64. The maximum absolute atomic E-state index is 11.2. The summed E-state index contributed by atoms with van der Waals surface area (Å²) in [4.78, 5) is 22.2. The predicted molar refractivity (Wildman–Crippen MR) is 62.7 cm³/mol. The smallest absolute Gasteiger partial charge is 0.140 e. The molecule has 0 rings (SSSR count). The van der Waals surface area contributed by atoms with E-state index in [1.807, 2.05) is 12.2 Å². The third-order valence-corrected chi connectivity index (χ3v) is 2.08. The minimum Gasteiger partial charge on any atom is -0.299 e. The van der Waals surface area contributed by atoms with Crippen LogP contribution in [0.2, 0.25) is 0 Å². The Morgan fingerprint density at radius 3 is 2.53 bits per heavy atom. The molecular formula is C13H20O2. The van der Waals surface area contributed by atoms with Crippen LogP contribution in [-0.2, 0) is 9.59 Å². The van der Waals surface area contributed by atoms with Crippen LogP contribution in [0.15, 0.2) is 24.8 Å². The number of ketones is 2. The second-order valence-corrected chi connectivity index (χ2v) is 3.50. The van der Waals surface area contributed by atoms with Crippen molar-refractivity contribution >= 4 is 11.6 Å². The number of Topliss-reactive ketones (excluding diaryl/α,β-unsaturated/α-hetero) is 2. The molecule has 2 heteroatoms. The highest BCUT2D eigenvalue weighted by Gasteiger charge is 2.06. The van der Waals surface area contributed by atoms with Gasteiger partial charge in [0.15, 0.2) is 0 Å². The second-order valence-electron chi connectivity index (χ2n) is 3.50. The Morgan fingerprint density at radius 2 is 1.93 bits per heavy atom. The number of allylic oxidation sites excluding steroid dienone is 3. The lowest BCUT2D eigenvalue weighted by atomic mass is 10.1. The number of carbonyl (C=O) groups excluding carboxylic acids is 2. The van der Waals surface area contributed by atoms with Crippen LogP contribution in [-0.4, -0.2) is 11.6 Å². The Bertz CT molecular complexity index is 239. The maximum atomic E-state index is 11.2. The van der Waals surface area contributed by atoms with Crippen LogP contribution in [0, 0.1) is 0 Å². The van der Waals surface area contributed by atoms with Crippen molar-refractivity contribution in [2.45, 2.75) is 45.4 Å². The van der Waals surface area contributed by atoms with Gasteiger partial charge in [0.1, 0.15) is 11.6 Å². The molecule has 0 aromatic carbocycles. The van der Waals surface area contributed by atoms with Crippen LogP contribution in [0.1, 0.15) is 45.4 Å². The lowest BCUT2D eigenvalue weighted by Crippen LogP contribution is -2.05. The molecule has 0 N–H and O–H groups in total. The van der Waals surface area contributed by atoms with Crippen molar-refractivity contribution in [1.29, 1.82) is 0 Å². The number of unbranched alkanes of at least 4 members (excludes halogenated alkanes) is 1. The molecule has 15 heavy (non-hydrogen) atoms. The lowest BCUT2D eigenvalue weighted by Gasteiger charge is -1.97. The van der Waals surface area contributed by atoms with E-state index in [1.165, 1.54) is 0 Å². The molecule has 0 heterocycles. The predicted octanol–water partition coefficient (Wildman–Crippen LogP) is 3.23. The van der Waals surface area contributed by atoms with Gasteiger partial charge in [-0.2, -0.15) is 0 Å². The highest BCUT2D eigenvalue weighted by atomic mass is 16.1. The highest BCUT2D eigenvalue weighted by Crippen LogP contribution is 2.02. The molecule has 0 fully saturated rings. The Hall–Kier alpha value is -1.18. The standard InChI is InChI=1S/C13H20O2/c1-3-5-6-7-8-9-10-13(15)11-12(14)4-2/h3,6-7H,1,4-5,8-11H2,2H3/b7-6+. The molecular weight excluding hydrogens is 188 g/mol. The minimum absolute atomic E-state index is 0.0437. The van der Waals surface area contributed by atoms with E-state index in [9.17, 15) is 9.59 Å². The lowest BCUT2D eigenvalue weighted by molar-refractivity contribution is -0.126. The van der Waals surface area contributed by atoms with Gasteiger partial charge in [-0.1, -0.05) is 25.2 Å². The highest BCUT2D eigenvalue weighted by molar-refractivity contribution is 5.98. The molecule has 0 spiro atoms. The molecule has 0 atom stereocenters. The van der Waals surface area contributed by atoms with Gasteiger partial charge in [-0.3, -0.25) is 9.59 Å². The van der Waals surface area contributed by atoms with Gasteiger partial charge in [0.25, 0.3) is 0 Å². The van der Waals surface area contributed by atoms with Crippen LogP contribution < -0.4 is 0 Å². The van der Waals surface area contributed by atoms with Crippen molar-refractivity contribution in [3.05, 3.63) is 24.8 Å². The first-order valence-corrected chi connectivity index (χ1v) is 5.50. The van der Waals surface area contributed by atoms with E-state index in [1.54, 1.807) is 6.92 Å². The van der Waals surface area contributed by atoms with Crippen LogP contribution in [0.4, 0.5) is 0 Å². The Balaban J connectivity index is 3.46. The van der Waals surface area contributed by atoms with E-state index in [-0.39, 0.29) is 18.0 Å². The molecule has 2 nitrogen and oxygen atoms in total. The zero-order valence-corrected chi connectivity index (χ0v) is 9.50. The average Bonchev–Trinajstić information content (AvgIpc) is 2.23. The third kappa shape index (κ3) is 9.13. The molecule has 0 aliphatic carbocycles. The van der Waals surface area contributed by atoms with Gasteiger partial charge in [-0.15, -0.1) is 6.58 Å². The molecule has 0 bridgehead atoms. The fourth-order valence-corrected chi connectivity index (χ4v) is 1.16. The second kappa shape index (κ2) is 9.38. The molecule has 0 aliphatic heterocycles. The van der Waals surface area contributed by atoms with E-state index in [4.69, 9.17) is 0 Å². The molecule has 0 aromatic rings. The quantitative estimate of drug-likeness (QED) is 0.331. The van der Waals surface area contributed by atoms with Crippen LogP contribution in [0.3, 0.4) is 0 Å². The zero-order chi connectivity index (χ0) is 11.5. The fourth-order valence-electron chi connectivity index (χ4n) is 1.16. The molecule has 84 valence electrons. The molecule has 0 saturated heterocycles. The Labute approximate surface area is 92.1 Å². The van der Waals surface area contributed by atoms with Crippen molar-refractivity contribution in [2.24, 2.45) is 0 Å². The van der Waals surface area contributed by atoms with Crippen LogP contribution in [0.25, 0.3) is 0 Å². The summed E-state index contributed by atoms with van der Waals surface area (Å²) in [5.74, 6) is 0.112. The van der Waals surface area contributed by atoms with E-state index < -0.39 is 0 Å². The number of hydrogen-bond donors (Lipinski definition) is 0. The van der Waals surface area contributed by atoms with E-state index in [0.29, 0.717) is 12.8 Å². The van der Waals surface area contributed by atoms with E-state index in [2.05, 4.69) is 12.7 Å². The number of carbonyl (C=O) groups is 2. The largest absolute Gasteiger partial charge is 0.299 e. The van der Waals surface area contributed by atoms with Crippen molar-refractivity contribution in [3.63, 3.8) is 0 Å². The minimum atomic E-state index is 0.0437. The molecule has 0 amide bonds. The van der Waals surface area contributed by atoms with Gasteiger partial charge in [0.05, 0.1) is 6.42 Å². The van der Waals surface area contributed by atoms with E-state index in [0.717, 1.165) is 19.3 Å². The van der Waals surface area contributed by atoms with E-state index >= 15 is 0 Å². The first kappa shape index (κ1) is 13.8. The van der Waals surface area contributed by atoms with Crippen molar-refractivity contribution in [3.8, 4) is 0 Å².